The average Bonchev–Trinajstić information content (AvgIpc) is 2.30. The van der Waals surface area contributed by atoms with Crippen LogP contribution in [0.25, 0.3) is 0 Å². The fraction of sp³-hybridized carbons (Fsp3) is 0.500. The molecule has 0 aromatic carbocycles. The van der Waals surface area contributed by atoms with Gasteiger partial charge in [0.25, 0.3) is 0 Å². The lowest BCUT2D eigenvalue weighted by Crippen LogP contribution is -2.01. The molecule has 0 saturated carbocycles. The van der Waals surface area contributed by atoms with E-state index in [0.29, 0.717) is 0 Å². The molecular weight excluding hydrogens is 226 g/mol. The molecule has 5 nitrogen and oxygen atoms in total. The van der Waals surface area contributed by atoms with E-state index < -0.39 is 4.92 Å². The van der Waals surface area contributed by atoms with Crippen LogP contribution in [0.5, 0.6) is 0 Å². The summed E-state index contributed by atoms with van der Waals surface area (Å²) in [7, 11) is 1.62. The van der Waals surface area contributed by atoms with E-state index in [1.165, 1.54) is 10.8 Å². The Morgan fingerprint density at radius 3 is 2.67 bits per heavy atom. The third kappa shape index (κ3) is 1.47. The summed E-state index contributed by atoms with van der Waals surface area (Å²) in [5.41, 5.74) is 0.793. The fourth-order valence-electron chi connectivity index (χ4n) is 0.952. The topological polar surface area (TPSA) is 61.0 Å². The molecule has 1 unspecified atom stereocenters. The SMILES string of the molecule is CC(Br)c1cnc([N+](=O)[O-])n1C. The number of nitrogens with zero attached hydrogens (tertiary/aromatic N) is 3. The van der Waals surface area contributed by atoms with Gasteiger partial charge in [-0.2, -0.15) is 0 Å². The molecule has 0 amide bonds. The summed E-state index contributed by atoms with van der Waals surface area (Å²) in [6, 6.07) is 0. The third-order valence-corrected chi connectivity index (χ3v) is 2.04. The smallest absolute Gasteiger partial charge is 0.390 e. The van der Waals surface area contributed by atoms with Gasteiger partial charge in [0.1, 0.15) is 11.9 Å². The Morgan fingerprint density at radius 1 is 1.83 bits per heavy atom. The molecule has 0 saturated heterocycles. The van der Waals surface area contributed by atoms with Gasteiger partial charge in [-0.1, -0.05) is 20.9 Å². The molecular formula is C6H8BrN3O2. The first-order chi connectivity index (χ1) is 5.54. The van der Waals surface area contributed by atoms with Gasteiger partial charge < -0.3 is 10.1 Å². The van der Waals surface area contributed by atoms with Gasteiger partial charge in [0.05, 0.1) is 11.9 Å². The van der Waals surface area contributed by atoms with Gasteiger partial charge in [-0.25, -0.2) is 4.57 Å². The number of halogens is 1. The molecule has 0 bridgehead atoms. The lowest BCUT2D eigenvalue weighted by atomic mass is 10.4. The molecule has 0 aliphatic rings. The van der Waals surface area contributed by atoms with E-state index in [4.69, 9.17) is 0 Å². The van der Waals surface area contributed by atoms with Crippen LogP contribution in [0.2, 0.25) is 0 Å². The minimum atomic E-state index is -0.501. The van der Waals surface area contributed by atoms with Crippen LogP contribution >= 0.6 is 15.9 Å². The first kappa shape index (κ1) is 9.18. The van der Waals surface area contributed by atoms with Crippen LogP contribution in [0, 0.1) is 10.1 Å². The second-order valence-electron chi connectivity index (χ2n) is 2.42. The number of hydrogen-bond donors (Lipinski definition) is 0. The van der Waals surface area contributed by atoms with Crippen LogP contribution < -0.4 is 0 Å². The van der Waals surface area contributed by atoms with Crippen LogP contribution in [0.4, 0.5) is 5.95 Å². The highest BCUT2D eigenvalue weighted by molar-refractivity contribution is 9.09. The molecule has 66 valence electrons. The molecule has 1 rings (SSSR count). The number of alkyl halides is 1. The third-order valence-electron chi connectivity index (χ3n) is 1.57. The van der Waals surface area contributed by atoms with Gasteiger partial charge in [-0.15, -0.1) is 0 Å². The quantitative estimate of drug-likeness (QED) is 0.445. The molecule has 1 atom stereocenters. The molecule has 0 fully saturated rings. The van der Waals surface area contributed by atoms with Crippen LogP contribution in [0.1, 0.15) is 17.4 Å². The van der Waals surface area contributed by atoms with Crippen LogP contribution in [-0.4, -0.2) is 14.5 Å². The van der Waals surface area contributed by atoms with Crippen molar-refractivity contribution in [2.75, 3.05) is 0 Å². The van der Waals surface area contributed by atoms with Crippen molar-refractivity contribution in [1.29, 1.82) is 0 Å². The summed E-state index contributed by atoms with van der Waals surface area (Å²) >= 11 is 3.31. The van der Waals surface area contributed by atoms with E-state index in [2.05, 4.69) is 20.9 Å². The van der Waals surface area contributed by atoms with Crippen LogP contribution in [0.15, 0.2) is 6.20 Å². The monoisotopic (exact) mass is 233 g/mol. The summed E-state index contributed by atoms with van der Waals surface area (Å²) in [6.45, 7) is 1.89. The van der Waals surface area contributed by atoms with Gasteiger partial charge in [-0.3, -0.25) is 0 Å². The van der Waals surface area contributed by atoms with Gasteiger partial charge in [-0.05, 0) is 11.8 Å². The molecule has 1 aromatic rings. The van der Waals surface area contributed by atoms with Crippen molar-refractivity contribution in [3.05, 3.63) is 22.0 Å². The Hall–Kier alpha value is -0.910. The maximum atomic E-state index is 10.4. The Balaban J connectivity index is 3.13. The van der Waals surface area contributed by atoms with Gasteiger partial charge in [0, 0.05) is 0 Å². The maximum Gasteiger partial charge on any atom is 0.434 e. The Kier molecular flexibility index (Phi) is 2.46. The van der Waals surface area contributed by atoms with Gasteiger partial charge >= 0.3 is 5.95 Å². The van der Waals surface area contributed by atoms with Crippen molar-refractivity contribution in [2.24, 2.45) is 7.05 Å². The molecule has 6 heteroatoms. The second-order valence-corrected chi connectivity index (χ2v) is 3.79. The summed E-state index contributed by atoms with van der Waals surface area (Å²) in [5, 5.41) is 10.4. The van der Waals surface area contributed by atoms with Crippen molar-refractivity contribution in [2.45, 2.75) is 11.8 Å². The Morgan fingerprint density at radius 2 is 2.42 bits per heavy atom. The zero-order chi connectivity index (χ0) is 9.30. The summed E-state index contributed by atoms with van der Waals surface area (Å²) in [4.78, 5) is 13.6. The first-order valence-corrected chi connectivity index (χ1v) is 4.25. The summed E-state index contributed by atoms with van der Waals surface area (Å²) < 4.78 is 1.46. The molecule has 0 radical (unpaired) electrons. The molecule has 12 heavy (non-hydrogen) atoms. The molecule has 0 N–H and O–H groups in total. The lowest BCUT2D eigenvalue weighted by Gasteiger charge is -1.99. The minimum absolute atomic E-state index is 0.0729. The fourth-order valence-corrected chi connectivity index (χ4v) is 1.38. The van der Waals surface area contributed by atoms with Crippen molar-refractivity contribution >= 4 is 21.9 Å². The molecule has 0 spiro atoms. The molecule has 0 aliphatic carbocycles. The molecule has 0 aliphatic heterocycles. The highest BCUT2D eigenvalue weighted by Gasteiger charge is 2.19. The van der Waals surface area contributed by atoms with Crippen molar-refractivity contribution < 1.29 is 4.92 Å². The number of rotatable bonds is 2. The van der Waals surface area contributed by atoms with Gasteiger partial charge in [0.15, 0.2) is 0 Å². The minimum Gasteiger partial charge on any atom is -0.390 e. The standard InChI is InChI=1S/C6H8BrN3O2/c1-4(7)5-3-8-6(9(5)2)10(11)12/h3-4H,1-2H3. The van der Waals surface area contributed by atoms with E-state index in [1.807, 2.05) is 6.92 Å². The highest BCUT2D eigenvalue weighted by atomic mass is 79.9. The van der Waals surface area contributed by atoms with Crippen molar-refractivity contribution in [1.82, 2.24) is 9.55 Å². The van der Waals surface area contributed by atoms with E-state index in [9.17, 15) is 10.1 Å². The number of imidazole rings is 1. The number of hydrogen-bond acceptors (Lipinski definition) is 3. The Bertz CT molecular complexity index is 308. The zero-order valence-electron chi connectivity index (χ0n) is 6.69. The summed E-state index contributed by atoms with van der Waals surface area (Å²) in [6.07, 6.45) is 1.50. The molecule has 1 aromatic heterocycles. The van der Waals surface area contributed by atoms with E-state index in [0.717, 1.165) is 5.69 Å². The zero-order valence-corrected chi connectivity index (χ0v) is 8.28. The van der Waals surface area contributed by atoms with Gasteiger partial charge in [0.2, 0.25) is 0 Å². The van der Waals surface area contributed by atoms with Crippen LogP contribution in [-0.2, 0) is 7.05 Å². The highest BCUT2D eigenvalue weighted by Crippen LogP contribution is 2.23. The second kappa shape index (κ2) is 3.22. The van der Waals surface area contributed by atoms with E-state index in [1.54, 1.807) is 7.05 Å². The predicted octanol–water partition coefficient (Wildman–Crippen LogP) is 1.78. The lowest BCUT2D eigenvalue weighted by molar-refractivity contribution is -0.396. The van der Waals surface area contributed by atoms with E-state index in [-0.39, 0.29) is 10.8 Å². The first-order valence-electron chi connectivity index (χ1n) is 3.34. The normalized spacial score (nSPS) is 12.9. The number of nitro groups is 1. The maximum absolute atomic E-state index is 10.4. The van der Waals surface area contributed by atoms with Crippen LogP contribution in [0.3, 0.4) is 0 Å². The summed E-state index contributed by atoms with van der Waals surface area (Å²) in [5.74, 6) is -0.128. The number of aromatic nitrogens is 2. The Labute approximate surface area is 77.7 Å². The largest absolute Gasteiger partial charge is 0.434 e. The average molecular weight is 234 g/mol. The van der Waals surface area contributed by atoms with Crippen molar-refractivity contribution in [3.8, 4) is 0 Å². The van der Waals surface area contributed by atoms with Crippen molar-refractivity contribution in [3.63, 3.8) is 0 Å². The predicted molar refractivity (Wildman–Crippen MR) is 47.2 cm³/mol. The molecule has 1 heterocycles. The van der Waals surface area contributed by atoms with E-state index >= 15 is 0 Å².